The third-order valence-corrected chi connectivity index (χ3v) is 6.76. The summed E-state index contributed by atoms with van der Waals surface area (Å²) in [5.41, 5.74) is 3.00. The number of hydrogen-bond donors (Lipinski definition) is 0. The van der Waals surface area contributed by atoms with Gasteiger partial charge in [0.15, 0.2) is 6.29 Å². The summed E-state index contributed by atoms with van der Waals surface area (Å²) in [7, 11) is 0. The molecule has 1 fully saturated rings. The van der Waals surface area contributed by atoms with E-state index in [0.717, 1.165) is 69.0 Å². The van der Waals surface area contributed by atoms with Crippen molar-refractivity contribution in [3.05, 3.63) is 69.9 Å². The van der Waals surface area contributed by atoms with Gasteiger partial charge in [0.25, 0.3) is 0 Å². The molecule has 7 heteroatoms. The second-order valence-corrected chi connectivity index (χ2v) is 9.05. The Hall–Kier alpha value is -1.92. The Labute approximate surface area is 206 Å². The van der Waals surface area contributed by atoms with E-state index in [1.54, 1.807) is 0 Å². The van der Waals surface area contributed by atoms with Crippen molar-refractivity contribution < 1.29 is 14.3 Å². The van der Waals surface area contributed by atoms with E-state index in [0.29, 0.717) is 10.0 Å². The van der Waals surface area contributed by atoms with Crippen LogP contribution in [0.5, 0.6) is 0 Å². The number of nitrogens with zero attached hydrogens (tertiary/aromatic N) is 2. The van der Waals surface area contributed by atoms with Gasteiger partial charge >= 0.3 is 0 Å². The zero-order valence-corrected chi connectivity index (χ0v) is 20.8. The number of hydrogen-bond acceptors (Lipinski definition) is 5. The molecule has 1 unspecified atom stereocenters. The quantitative estimate of drug-likeness (QED) is 0.372. The van der Waals surface area contributed by atoms with Crippen LogP contribution < -0.4 is 9.96 Å². The van der Waals surface area contributed by atoms with Crippen LogP contribution in [0.3, 0.4) is 0 Å². The Balaban J connectivity index is 1.53. The first kappa shape index (κ1) is 24.2. The van der Waals surface area contributed by atoms with Gasteiger partial charge in [-0.3, -0.25) is 0 Å². The predicted molar refractivity (Wildman–Crippen MR) is 135 cm³/mol. The third-order valence-electron chi connectivity index (χ3n) is 6.10. The van der Waals surface area contributed by atoms with E-state index >= 15 is 0 Å². The minimum absolute atomic E-state index is 0.113. The van der Waals surface area contributed by atoms with Gasteiger partial charge in [0, 0.05) is 40.8 Å². The fourth-order valence-corrected chi connectivity index (χ4v) is 4.96. The van der Waals surface area contributed by atoms with Crippen molar-refractivity contribution in [3.63, 3.8) is 0 Å². The van der Waals surface area contributed by atoms with E-state index in [2.05, 4.69) is 49.1 Å². The lowest BCUT2D eigenvalue weighted by atomic mass is 10.0. The summed E-state index contributed by atoms with van der Waals surface area (Å²) in [5.74, 6) is 0.902. The molecule has 178 valence electrons. The van der Waals surface area contributed by atoms with Crippen LogP contribution in [0.15, 0.2) is 54.3 Å². The average Bonchev–Trinajstić information content (AvgIpc) is 3.24. The van der Waals surface area contributed by atoms with Crippen LogP contribution in [0.2, 0.25) is 10.0 Å². The zero-order valence-electron chi connectivity index (χ0n) is 19.3. The van der Waals surface area contributed by atoms with Gasteiger partial charge in [-0.2, -0.15) is 5.06 Å². The van der Waals surface area contributed by atoms with Gasteiger partial charge in [-0.05, 0) is 75.6 Å². The lowest BCUT2D eigenvalue weighted by Crippen LogP contribution is -2.25. The summed E-state index contributed by atoms with van der Waals surface area (Å²) < 4.78 is 11.3. The van der Waals surface area contributed by atoms with E-state index in [-0.39, 0.29) is 12.3 Å². The van der Waals surface area contributed by atoms with Crippen molar-refractivity contribution in [3.8, 4) is 0 Å². The number of benzene rings is 2. The Morgan fingerprint density at radius 2 is 1.64 bits per heavy atom. The molecular formula is C26H32Cl2N2O3. The number of rotatable bonds is 9. The van der Waals surface area contributed by atoms with Gasteiger partial charge in [-0.1, -0.05) is 29.3 Å². The Kier molecular flexibility index (Phi) is 8.42. The van der Waals surface area contributed by atoms with Crippen LogP contribution in [0, 0.1) is 0 Å². The molecule has 0 aliphatic carbocycles. The van der Waals surface area contributed by atoms with Crippen LogP contribution in [-0.4, -0.2) is 32.6 Å². The van der Waals surface area contributed by atoms with Crippen LogP contribution in [0.1, 0.15) is 51.1 Å². The lowest BCUT2D eigenvalue weighted by molar-refractivity contribution is -0.181. The highest BCUT2D eigenvalue weighted by Gasteiger charge is 2.32. The number of ether oxygens (including phenoxy) is 2. The maximum absolute atomic E-state index is 6.58. The molecule has 0 amide bonds. The highest BCUT2D eigenvalue weighted by atomic mass is 35.5. The van der Waals surface area contributed by atoms with Gasteiger partial charge in [0.05, 0.1) is 18.9 Å². The Morgan fingerprint density at radius 3 is 2.27 bits per heavy atom. The fourth-order valence-electron chi connectivity index (χ4n) is 4.34. The molecule has 1 atom stereocenters. The number of hydroxylamine groups is 1. The van der Waals surface area contributed by atoms with E-state index in [4.69, 9.17) is 37.5 Å². The van der Waals surface area contributed by atoms with Crippen molar-refractivity contribution in [2.75, 3.05) is 36.3 Å². The summed E-state index contributed by atoms with van der Waals surface area (Å²) >= 11 is 13.2. The second kappa shape index (κ2) is 11.5. The molecular weight excluding hydrogens is 459 g/mol. The van der Waals surface area contributed by atoms with Gasteiger partial charge in [0.1, 0.15) is 11.8 Å². The normalized spacial score (nSPS) is 18.8. The van der Waals surface area contributed by atoms with Crippen LogP contribution in [0.25, 0.3) is 0 Å². The van der Waals surface area contributed by atoms with E-state index < -0.39 is 0 Å². The summed E-state index contributed by atoms with van der Waals surface area (Å²) in [6.07, 6.45) is 5.51. The van der Waals surface area contributed by atoms with Crippen LogP contribution in [0.4, 0.5) is 11.4 Å². The average molecular weight is 491 g/mol. The van der Waals surface area contributed by atoms with Gasteiger partial charge in [-0.15, -0.1) is 0 Å². The van der Waals surface area contributed by atoms with Crippen LogP contribution in [-0.2, 0) is 14.3 Å². The maximum atomic E-state index is 6.58. The monoisotopic (exact) mass is 490 g/mol. The molecule has 0 saturated carbocycles. The number of halogens is 2. The molecule has 0 radical (unpaired) electrons. The molecule has 0 spiro atoms. The maximum Gasteiger partial charge on any atom is 0.157 e. The molecule has 2 aliphatic rings. The summed E-state index contributed by atoms with van der Waals surface area (Å²) in [5, 5.41) is 3.16. The van der Waals surface area contributed by atoms with Crippen molar-refractivity contribution in [1.82, 2.24) is 0 Å². The van der Waals surface area contributed by atoms with E-state index in [1.165, 1.54) is 5.69 Å². The standard InChI is InChI=1S/C26H32Cl2N2O3/c1-3-29(4-2)19-12-14-20(15-13-19)30-24(26-22(27)9-6-10-23(26)28)18-21(33-30)8-5-11-25-31-16-7-17-32-25/h6,9-10,12-15,18,24-25H,3-5,7-8,11,16-17H2,1-2H3. The largest absolute Gasteiger partial charge is 0.383 e. The topological polar surface area (TPSA) is 34.2 Å². The molecule has 0 bridgehead atoms. The van der Waals surface area contributed by atoms with Crippen molar-refractivity contribution >= 4 is 34.6 Å². The van der Waals surface area contributed by atoms with Crippen molar-refractivity contribution in [1.29, 1.82) is 0 Å². The molecule has 2 heterocycles. The van der Waals surface area contributed by atoms with Gasteiger partial charge < -0.3 is 19.2 Å². The molecule has 33 heavy (non-hydrogen) atoms. The minimum atomic E-state index is -0.206. The van der Waals surface area contributed by atoms with Gasteiger partial charge in [-0.25, -0.2) is 0 Å². The van der Waals surface area contributed by atoms with Crippen LogP contribution >= 0.6 is 23.2 Å². The number of allylic oxidation sites excluding steroid dienone is 1. The molecule has 2 aliphatic heterocycles. The van der Waals surface area contributed by atoms with Crippen molar-refractivity contribution in [2.24, 2.45) is 0 Å². The molecule has 1 saturated heterocycles. The first-order valence-corrected chi connectivity index (χ1v) is 12.6. The first-order chi connectivity index (χ1) is 16.1. The zero-order chi connectivity index (χ0) is 23.2. The highest BCUT2D eigenvalue weighted by Crippen LogP contribution is 2.42. The molecule has 2 aromatic carbocycles. The molecule has 4 rings (SSSR count). The minimum Gasteiger partial charge on any atom is -0.383 e. The summed E-state index contributed by atoms with van der Waals surface area (Å²) in [6.45, 7) is 7.80. The molecule has 0 N–H and O–H groups in total. The van der Waals surface area contributed by atoms with E-state index in [1.807, 2.05) is 23.3 Å². The van der Waals surface area contributed by atoms with Gasteiger partial charge in [0.2, 0.25) is 0 Å². The molecule has 5 nitrogen and oxygen atoms in total. The predicted octanol–water partition coefficient (Wildman–Crippen LogP) is 7.15. The molecule has 0 aromatic heterocycles. The summed E-state index contributed by atoms with van der Waals surface area (Å²) in [4.78, 5) is 8.66. The lowest BCUT2D eigenvalue weighted by Gasteiger charge is -2.28. The molecule has 2 aromatic rings. The Morgan fingerprint density at radius 1 is 0.970 bits per heavy atom. The second-order valence-electron chi connectivity index (χ2n) is 8.24. The number of anilines is 2. The Bertz CT molecular complexity index is 921. The first-order valence-electron chi connectivity index (χ1n) is 11.8. The highest BCUT2D eigenvalue weighted by molar-refractivity contribution is 6.36. The smallest absolute Gasteiger partial charge is 0.157 e. The van der Waals surface area contributed by atoms with Crippen molar-refractivity contribution in [2.45, 2.75) is 51.9 Å². The summed E-state index contributed by atoms with van der Waals surface area (Å²) in [6, 6.07) is 13.8. The SMILES string of the molecule is CCN(CC)c1ccc(N2OC(CCCC3OCCCO3)=CC2c2c(Cl)cccc2Cl)cc1. The third kappa shape index (κ3) is 5.78. The fraction of sp³-hybridized carbons (Fsp3) is 0.462. The van der Waals surface area contributed by atoms with E-state index in [9.17, 15) is 0 Å².